The molecule has 3 heterocycles. The van der Waals surface area contributed by atoms with Crippen LogP contribution in [0.4, 0.5) is 8.78 Å². The highest BCUT2D eigenvalue weighted by atomic mass is 19.2. The molecule has 0 spiro atoms. The molecule has 1 aromatic carbocycles. The van der Waals surface area contributed by atoms with E-state index in [0.717, 1.165) is 6.07 Å². The number of fused-ring (bicyclic) bond motifs is 1. The first-order valence-corrected chi connectivity index (χ1v) is 8.65. The Morgan fingerprint density at radius 1 is 1.36 bits per heavy atom. The SMILES string of the molecule is C=CC(=O)N1CC(COc2cc(-c3ccc(O)c(F)c3F)cn3cncc23)C1. The molecule has 4 rings (SSSR count). The number of pyridine rings is 1. The van der Waals surface area contributed by atoms with Crippen LogP contribution in [0.1, 0.15) is 0 Å². The first-order valence-electron chi connectivity index (χ1n) is 8.65. The van der Waals surface area contributed by atoms with Gasteiger partial charge in [-0.05, 0) is 24.3 Å². The summed E-state index contributed by atoms with van der Waals surface area (Å²) >= 11 is 0. The number of phenols is 1. The van der Waals surface area contributed by atoms with E-state index in [2.05, 4.69) is 11.6 Å². The number of halogens is 2. The van der Waals surface area contributed by atoms with Crippen molar-refractivity contribution in [1.29, 1.82) is 0 Å². The molecule has 8 heteroatoms. The van der Waals surface area contributed by atoms with E-state index in [1.807, 2.05) is 0 Å². The topological polar surface area (TPSA) is 67.1 Å². The van der Waals surface area contributed by atoms with Crippen molar-refractivity contribution in [2.75, 3.05) is 19.7 Å². The predicted octanol–water partition coefficient (Wildman–Crippen LogP) is 3.01. The molecule has 0 radical (unpaired) electrons. The molecule has 1 saturated heterocycles. The third-order valence-corrected chi connectivity index (χ3v) is 4.77. The summed E-state index contributed by atoms with van der Waals surface area (Å²) in [7, 11) is 0. The molecular weight excluding hydrogens is 368 g/mol. The maximum Gasteiger partial charge on any atom is 0.245 e. The number of hydrogen-bond donors (Lipinski definition) is 1. The van der Waals surface area contributed by atoms with Crippen molar-refractivity contribution in [3.05, 3.63) is 61.2 Å². The number of phenolic OH excluding ortho intramolecular Hbond substituents is 1. The summed E-state index contributed by atoms with van der Waals surface area (Å²) < 4.78 is 35.6. The molecule has 1 N–H and O–H groups in total. The average Bonchev–Trinajstić information content (AvgIpc) is 3.13. The minimum atomic E-state index is -1.30. The molecular formula is C20H17F2N3O3. The zero-order valence-electron chi connectivity index (χ0n) is 14.8. The molecule has 0 unspecified atom stereocenters. The lowest BCUT2D eigenvalue weighted by atomic mass is 10.0. The smallest absolute Gasteiger partial charge is 0.245 e. The number of rotatable bonds is 5. The fraction of sp³-hybridized carbons (Fsp3) is 0.200. The van der Waals surface area contributed by atoms with Crippen LogP contribution in [0.3, 0.4) is 0 Å². The number of imidazole rings is 1. The second-order valence-corrected chi connectivity index (χ2v) is 6.66. The van der Waals surface area contributed by atoms with Gasteiger partial charge in [0.05, 0.1) is 19.1 Å². The van der Waals surface area contributed by atoms with E-state index >= 15 is 0 Å². The molecule has 144 valence electrons. The number of aromatic nitrogens is 2. The van der Waals surface area contributed by atoms with Gasteiger partial charge in [-0.2, -0.15) is 4.39 Å². The van der Waals surface area contributed by atoms with Crippen molar-refractivity contribution < 1.29 is 23.4 Å². The average molecular weight is 385 g/mol. The first kappa shape index (κ1) is 18.0. The standard InChI is InChI=1S/C20H17F2N3O3/c1-2-18(27)24-7-12(8-24)10-28-17-5-13(9-25-11-23-6-15(17)25)14-3-4-16(26)20(22)19(14)21/h2-6,9,11-12,26H,1,7-8,10H2. The molecule has 0 atom stereocenters. The minimum absolute atomic E-state index is 0.00199. The first-order chi connectivity index (χ1) is 13.5. The van der Waals surface area contributed by atoms with Crippen LogP contribution in [0.2, 0.25) is 0 Å². The van der Waals surface area contributed by atoms with E-state index in [1.165, 1.54) is 18.5 Å². The van der Waals surface area contributed by atoms with Crippen molar-refractivity contribution in [2.45, 2.75) is 0 Å². The van der Waals surface area contributed by atoms with Crippen LogP contribution in [-0.4, -0.2) is 45.0 Å². The second-order valence-electron chi connectivity index (χ2n) is 6.66. The van der Waals surface area contributed by atoms with Crippen LogP contribution in [0.5, 0.6) is 11.5 Å². The molecule has 1 amide bonds. The molecule has 0 bridgehead atoms. The normalized spacial score (nSPS) is 14.1. The van der Waals surface area contributed by atoms with Gasteiger partial charge in [-0.3, -0.25) is 4.79 Å². The molecule has 28 heavy (non-hydrogen) atoms. The molecule has 3 aromatic rings. The molecule has 1 aliphatic heterocycles. The number of benzene rings is 1. The van der Waals surface area contributed by atoms with Crippen LogP contribution in [0.25, 0.3) is 16.6 Å². The minimum Gasteiger partial charge on any atom is -0.505 e. The number of nitrogens with zero attached hydrogens (tertiary/aromatic N) is 3. The molecule has 0 aliphatic carbocycles. The number of carbonyl (C=O) groups excluding carboxylic acids is 1. The number of ether oxygens (including phenoxy) is 1. The van der Waals surface area contributed by atoms with E-state index in [1.54, 1.807) is 27.8 Å². The fourth-order valence-electron chi connectivity index (χ4n) is 3.22. The largest absolute Gasteiger partial charge is 0.505 e. The molecule has 1 aliphatic rings. The summed E-state index contributed by atoms with van der Waals surface area (Å²) in [6.45, 7) is 5.00. The fourth-order valence-corrected chi connectivity index (χ4v) is 3.22. The van der Waals surface area contributed by atoms with Crippen molar-refractivity contribution in [2.24, 2.45) is 5.92 Å². The quantitative estimate of drug-likeness (QED) is 0.686. The van der Waals surface area contributed by atoms with Crippen LogP contribution in [0.15, 0.2) is 49.6 Å². The highest BCUT2D eigenvalue weighted by Crippen LogP contribution is 2.33. The number of likely N-dealkylation sites (tertiary alicyclic amines) is 1. The van der Waals surface area contributed by atoms with Crippen molar-refractivity contribution in [1.82, 2.24) is 14.3 Å². The summed E-state index contributed by atoms with van der Waals surface area (Å²) in [6.07, 6.45) is 6.04. The van der Waals surface area contributed by atoms with Gasteiger partial charge in [-0.1, -0.05) is 6.58 Å². The van der Waals surface area contributed by atoms with Gasteiger partial charge >= 0.3 is 0 Å². The maximum atomic E-state index is 14.3. The monoisotopic (exact) mass is 385 g/mol. The van der Waals surface area contributed by atoms with Crippen LogP contribution in [-0.2, 0) is 4.79 Å². The Kier molecular flexibility index (Phi) is 4.46. The Morgan fingerprint density at radius 3 is 2.89 bits per heavy atom. The second kappa shape index (κ2) is 6.95. The van der Waals surface area contributed by atoms with Gasteiger partial charge in [0.2, 0.25) is 11.7 Å². The highest BCUT2D eigenvalue weighted by molar-refractivity contribution is 5.87. The molecule has 2 aromatic heterocycles. The van der Waals surface area contributed by atoms with Gasteiger partial charge in [0.15, 0.2) is 11.6 Å². The van der Waals surface area contributed by atoms with Gasteiger partial charge in [0, 0.05) is 36.3 Å². The lowest BCUT2D eigenvalue weighted by Crippen LogP contribution is -2.51. The third kappa shape index (κ3) is 3.06. The Bertz CT molecular complexity index is 1070. The van der Waals surface area contributed by atoms with E-state index in [-0.39, 0.29) is 17.4 Å². The Morgan fingerprint density at radius 2 is 2.14 bits per heavy atom. The van der Waals surface area contributed by atoms with Crippen molar-refractivity contribution >= 4 is 11.4 Å². The Hall–Kier alpha value is -3.42. The van der Waals surface area contributed by atoms with Gasteiger partial charge in [0.25, 0.3) is 0 Å². The third-order valence-electron chi connectivity index (χ3n) is 4.77. The van der Waals surface area contributed by atoms with Crippen LogP contribution >= 0.6 is 0 Å². The zero-order valence-corrected chi connectivity index (χ0v) is 14.8. The Labute approximate surface area is 159 Å². The van der Waals surface area contributed by atoms with Gasteiger partial charge < -0.3 is 19.1 Å². The predicted molar refractivity (Wildman–Crippen MR) is 98.0 cm³/mol. The lowest BCUT2D eigenvalue weighted by molar-refractivity contribution is -0.132. The van der Waals surface area contributed by atoms with E-state index < -0.39 is 17.4 Å². The summed E-state index contributed by atoms with van der Waals surface area (Å²) in [6, 6.07) is 4.02. The van der Waals surface area contributed by atoms with E-state index in [0.29, 0.717) is 36.5 Å². The Balaban J connectivity index is 1.59. The summed E-state index contributed by atoms with van der Waals surface area (Å²) in [4.78, 5) is 17.2. The maximum absolute atomic E-state index is 14.3. The van der Waals surface area contributed by atoms with Crippen LogP contribution < -0.4 is 4.74 Å². The summed E-state index contributed by atoms with van der Waals surface area (Å²) in [5, 5.41) is 9.33. The summed E-state index contributed by atoms with van der Waals surface area (Å²) in [5.74, 6) is -2.64. The van der Waals surface area contributed by atoms with Gasteiger partial charge in [-0.25, -0.2) is 9.37 Å². The zero-order chi connectivity index (χ0) is 19.8. The number of carbonyl (C=O) groups is 1. The molecule has 6 nitrogen and oxygen atoms in total. The number of aromatic hydroxyl groups is 1. The van der Waals surface area contributed by atoms with Crippen molar-refractivity contribution in [3.8, 4) is 22.6 Å². The van der Waals surface area contributed by atoms with Crippen LogP contribution in [0, 0.1) is 17.6 Å². The van der Waals surface area contributed by atoms with Crippen molar-refractivity contribution in [3.63, 3.8) is 0 Å². The highest BCUT2D eigenvalue weighted by Gasteiger charge is 2.30. The number of hydrogen-bond acceptors (Lipinski definition) is 4. The van der Waals surface area contributed by atoms with Gasteiger partial charge in [0.1, 0.15) is 11.3 Å². The van der Waals surface area contributed by atoms with E-state index in [4.69, 9.17) is 4.74 Å². The lowest BCUT2D eigenvalue weighted by Gasteiger charge is -2.38. The van der Waals surface area contributed by atoms with Gasteiger partial charge in [-0.15, -0.1) is 0 Å². The molecule has 1 fully saturated rings. The number of amides is 1. The molecule has 0 saturated carbocycles. The van der Waals surface area contributed by atoms with E-state index in [9.17, 15) is 18.7 Å². The summed E-state index contributed by atoms with van der Waals surface area (Å²) in [5.41, 5.74) is 1.07.